The lowest BCUT2D eigenvalue weighted by atomic mass is 9.91. The van der Waals surface area contributed by atoms with Gasteiger partial charge in [-0.3, -0.25) is 23.9 Å². The zero-order valence-electron chi connectivity index (χ0n) is 28.7. The molecule has 2 aliphatic heterocycles. The zero-order chi connectivity index (χ0) is 35.8. The van der Waals surface area contributed by atoms with Crippen LogP contribution in [0.25, 0.3) is 10.2 Å². The highest BCUT2D eigenvalue weighted by atomic mass is 32.2. The third-order valence-corrected chi connectivity index (χ3v) is 13.5. The second-order valence-corrected chi connectivity index (χ2v) is 17.4. The molecule has 51 heavy (non-hydrogen) atoms. The maximum absolute atomic E-state index is 14.8. The molecule has 0 radical (unpaired) electrons. The normalized spacial score (nSPS) is 27.8. The first-order chi connectivity index (χ1) is 24.5. The lowest BCUT2D eigenvalue weighted by Crippen LogP contribution is -2.53. The van der Waals surface area contributed by atoms with E-state index in [0.717, 1.165) is 35.0 Å². The number of nitrogens with zero attached hydrogens (tertiary/aromatic N) is 3. The smallest absolute Gasteiger partial charge is 0.274 e. The number of carbonyl (C=O) groups is 4. The van der Waals surface area contributed by atoms with Crippen LogP contribution in [0.5, 0.6) is 5.19 Å². The molecule has 0 spiro atoms. The van der Waals surface area contributed by atoms with E-state index in [2.05, 4.69) is 9.71 Å². The van der Waals surface area contributed by atoms with Gasteiger partial charge in [-0.1, -0.05) is 78.8 Å². The molecule has 3 heterocycles. The van der Waals surface area contributed by atoms with Crippen LogP contribution >= 0.6 is 11.3 Å². The maximum Gasteiger partial charge on any atom is 0.274 e. The van der Waals surface area contributed by atoms with Gasteiger partial charge in [-0.05, 0) is 62.1 Å². The molecule has 2 aliphatic carbocycles. The highest BCUT2D eigenvalue weighted by Gasteiger charge is 2.61. The van der Waals surface area contributed by atoms with Gasteiger partial charge < -0.3 is 14.5 Å². The average Bonchev–Trinajstić information content (AvgIpc) is 4.00. The Labute approximate surface area is 302 Å². The summed E-state index contributed by atoms with van der Waals surface area (Å²) in [7, 11) is -3.82. The van der Waals surface area contributed by atoms with Gasteiger partial charge >= 0.3 is 0 Å². The number of aromatic nitrogens is 1. The minimum absolute atomic E-state index is 0.108. The van der Waals surface area contributed by atoms with Gasteiger partial charge in [-0.15, -0.1) is 0 Å². The molecule has 1 N–H and O–H groups in total. The molecular formula is C38H44N4O7S2. The van der Waals surface area contributed by atoms with Crippen molar-refractivity contribution in [2.75, 3.05) is 6.54 Å². The predicted octanol–water partition coefficient (Wildman–Crippen LogP) is 5.16. The van der Waals surface area contributed by atoms with Gasteiger partial charge in [-0.2, -0.15) is 0 Å². The number of benzene rings is 2. The molecule has 13 heteroatoms. The first-order valence-electron chi connectivity index (χ1n) is 17.9. The van der Waals surface area contributed by atoms with Crippen LogP contribution in [0.15, 0.2) is 66.7 Å². The molecule has 3 fully saturated rings. The lowest BCUT2D eigenvalue weighted by molar-refractivity contribution is -0.148. The fraction of sp³-hybridized carbons (Fsp3) is 0.500. The molecule has 7 rings (SSSR count). The molecule has 4 aliphatic rings. The van der Waals surface area contributed by atoms with Gasteiger partial charge in [0.25, 0.3) is 5.19 Å². The molecule has 3 aromatic rings. The Hall–Kier alpha value is -4.10. The third-order valence-electron chi connectivity index (χ3n) is 10.7. The van der Waals surface area contributed by atoms with Crippen molar-refractivity contribution >= 4 is 55.1 Å². The van der Waals surface area contributed by atoms with Gasteiger partial charge in [0, 0.05) is 26.3 Å². The van der Waals surface area contributed by atoms with Crippen LogP contribution in [0.1, 0.15) is 76.7 Å². The Morgan fingerprint density at radius 1 is 1.04 bits per heavy atom. The standard InChI is InChI=1S/C38H44N4O7S2/c1-25(43)41(23-26-12-6-5-7-13-26)31-16-9-4-2-3-8-14-27-21-38(27,36(46)40-51(47,48)29-18-19-29)22-33(44)32-20-28(24-42(32)35(31)45)49-37-39-30-15-10-11-17-34(30)50-37/h5-8,10-15,17,27-29,31-32H,2-4,9,16,18-24H2,1H3,(H,40,46)/b14-8-/t27-,28+,31-,32-,38+/m0/s1. The van der Waals surface area contributed by atoms with Gasteiger partial charge in [0.15, 0.2) is 5.78 Å². The fourth-order valence-corrected chi connectivity index (χ4v) is 9.86. The predicted molar refractivity (Wildman–Crippen MR) is 193 cm³/mol. The van der Waals surface area contributed by atoms with E-state index in [-0.39, 0.29) is 49.4 Å². The number of carbonyl (C=O) groups excluding carboxylic acids is 4. The highest BCUT2D eigenvalue weighted by Crippen LogP contribution is 2.57. The molecule has 2 saturated carbocycles. The highest BCUT2D eigenvalue weighted by molar-refractivity contribution is 7.90. The monoisotopic (exact) mass is 732 g/mol. The summed E-state index contributed by atoms with van der Waals surface area (Å²) in [5, 5.41) is -0.146. The second kappa shape index (κ2) is 14.5. The minimum atomic E-state index is -3.82. The molecule has 2 aromatic carbocycles. The summed E-state index contributed by atoms with van der Waals surface area (Å²) in [5.74, 6) is -1.82. The number of hydrogen-bond acceptors (Lipinski definition) is 9. The number of fused-ring (bicyclic) bond motifs is 3. The number of Topliss-reactive ketones (excluding diaryl/α,β-unsaturated/α-hetero) is 1. The molecule has 1 saturated heterocycles. The van der Waals surface area contributed by atoms with E-state index in [1.54, 1.807) is 9.80 Å². The zero-order valence-corrected chi connectivity index (χ0v) is 30.4. The largest absolute Gasteiger partial charge is 0.465 e. The summed E-state index contributed by atoms with van der Waals surface area (Å²) in [5.41, 5.74) is 0.466. The van der Waals surface area contributed by atoms with Crippen molar-refractivity contribution in [1.82, 2.24) is 19.5 Å². The van der Waals surface area contributed by atoms with Gasteiger partial charge in [-0.25, -0.2) is 13.4 Å². The Morgan fingerprint density at radius 3 is 2.55 bits per heavy atom. The Morgan fingerprint density at radius 2 is 1.80 bits per heavy atom. The summed E-state index contributed by atoms with van der Waals surface area (Å²) in [6.45, 7) is 1.82. The van der Waals surface area contributed by atoms with Crippen LogP contribution in [0.2, 0.25) is 0 Å². The number of nitrogens with one attached hydrogen (secondary N) is 1. The molecule has 3 amide bonds. The van der Waals surface area contributed by atoms with Crippen LogP contribution in [-0.2, 0) is 35.7 Å². The molecule has 11 nitrogen and oxygen atoms in total. The quantitative estimate of drug-likeness (QED) is 0.313. The molecule has 0 bridgehead atoms. The minimum Gasteiger partial charge on any atom is -0.465 e. The molecular weight excluding hydrogens is 689 g/mol. The molecule has 270 valence electrons. The first kappa shape index (κ1) is 35.3. The summed E-state index contributed by atoms with van der Waals surface area (Å²) in [4.78, 5) is 64.0. The van der Waals surface area contributed by atoms with Crippen LogP contribution in [0.4, 0.5) is 0 Å². The average molecular weight is 733 g/mol. The number of amides is 3. The van der Waals surface area contributed by atoms with Crippen LogP contribution in [0.3, 0.4) is 0 Å². The van der Waals surface area contributed by atoms with E-state index in [9.17, 15) is 27.6 Å². The number of allylic oxidation sites excluding steroid dienone is 2. The number of thiazole rings is 1. The van der Waals surface area contributed by atoms with Crippen molar-refractivity contribution in [3.05, 3.63) is 72.3 Å². The summed E-state index contributed by atoms with van der Waals surface area (Å²) >= 11 is 1.39. The molecule has 0 unspecified atom stereocenters. The SMILES string of the molecule is CC(=O)N(Cc1ccccc1)[C@H]1CCCCC/C=C\[C@H]2C[C@@]2(C(=O)NS(=O)(=O)C2CC2)CC(=O)[C@@H]2C[C@@H](Oc3nc4ccccc4s3)CN2C1=O. The summed E-state index contributed by atoms with van der Waals surface area (Å²) in [6, 6.07) is 15.5. The molecule has 1 aromatic heterocycles. The van der Waals surface area contributed by atoms with Crippen molar-refractivity contribution in [2.24, 2.45) is 11.3 Å². The van der Waals surface area contributed by atoms with E-state index in [1.807, 2.05) is 66.7 Å². The van der Waals surface area contributed by atoms with Crippen LogP contribution in [-0.4, -0.2) is 76.7 Å². The van der Waals surface area contributed by atoms with Crippen molar-refractivity contribution in [2.45, 2.75) is 101 Å². The van der Waals surface area contributed by atoms with Crippen molar-refractivity contribution in [3.8, 4) is 5.19 Å². The van der Waals surface area contributed by atoms with Crippen molar-refractivity contribution in [3.63, 3.8) is 0 Å². The Balaban J connectivity index is 1.21. The van der Waals surface area contributed by atoms with Crippen molar-refractivity contribution in [1.29, 1.82) is 0 Å². The number of ether oxygens (including phenoxy) is 1. The van der Waals surface area contributed by atoms with Crippen molar-refractivity contribution < 1.29 is 32.3 Å². The van der Waals surface area contributed by atoms with Gasteiger partial charge in [0.05, 0.1) is 33.5 Å². The maximum atomic E-state index is 14.8. The summed E-state index contributed by atoms with van der Waals surface area (Å²) < 4.78 is 35.3. The number of hydrogen-bond donors (Lipinski definition) is 1. The number of ketones is 1. The molecule has 5 atom stereocenters. The van der Waals surface area contributed by atoms with E-state index in [1.165, 1.54) is 18.3 Å². The van der Waals surface area contributed by atoms with E-state index >= 15 is 0 Å². The number of para-hydroxylation sites is 1. The Kier molecular flexibility index (Phi) is 10.0. The van der Waals surface area contributed by atoms with Crippen LogP contribution < -0.4 is 9.46 Å². The lowest BCUT2D eigenvalue weighted by Gasteiger charge is -2.35. The van der Waals surface area contributed by atoms with Crippen LogP contribution in [0, 0.1) is 11.3 Å². The number of rotatable bonds is 8. The topological polar surface area (TPSA) is 143 Å². The Bertz CT molecular complexity index is 1910. The fourth-order valence-electron chi connectivity index (χ4n) is 7.59. The first-order valence-corrected chi connectivity index (χ1v) is 20.3. The van der Waals surface area contributed by atoms with E-state index in [0.29, 0.717) is 37.3 Å². The van der Waals surface area contributed by atoms with Gasteiger partial charge in [0.2, 0.25) is 27.7 Å². The number of sulfonamides is 1. The van der Waals surface area contributed by atoms with E-state index < -0.39 is 44.8 Å². The summed E-state index contributed by atoms with van der Waals surface area (Å²) in [6.07, 6.45) is 8.33. The third kappa shape index (κ3) is 7.74. The van der Waals surface area contributed by atoms with Gasteiger partial charge in [0.1, 0.15) is 12.1 Å². The second-order valence-electron chi connectivity index (χ2n) is 14.4. The van der Waals surface area contributed by atoms with E-state index in [4.69, 9.17) is 4.74 Å².